The third-order valence-corrected chi connectivity index (χ3v) is 4.80. The summed E-state index contributed by atoms with van der Waals surface area (Å²) in [5, 5.41) is 0. The summed E-state index contributed by atoms with van der Waals surface area (Å²) in [6.07, 6.45) is 3.99. The molecule has 2 aliphatic rings. The molecular weight excluding hydrogens is 254 g/mol. The van der Waals surface area contributed by atoms with Gasteiger partial charge in [0.25, 0.3) is 0 Å². The first-order valence-corrected chi connectivity index (χ1v) is 7.58. The lowest BCUT2D eigenvalue weighted by molar-refractivity contribution is -0.154. The molecule has 2 atom stereocenters. The molecule has 0 aromatic rings. The van der Waals surface area contributed by atoms with Crippen molar-refractivity contribution >= 4 is 11.8 Å². The van der Waals surface area contributed by atoms with Gasteiger partial charge in [-0.15, -0.1) is 0 Å². The van der Waals surface area contributed by atoms with Crippen molar-refractivity contribution in [1.29, 1.82) is 0 Å². The lowest BCUT2D eigenvalue weighted by atomic mass is 9.76. The Labute approximate surface area is 121 Å². The van der Waals surface area contributed by atoms with Crippen molar-refractivity contribution in [2.45, 2.75) is 51.1 Å². The minimum absolute atomic E-state index is 0.138. The van der Waals surface area contributed by atoms with E-state index in [1.54, 1.807) is 6.92 Å². The molecule has 0 saturated carbocycles. The quantitative estimate of drug-likeness (QED) is 0.756. The van der Waals surface area contributed by atoms with E-state index in [2.05, 4.69) is 6.92 Å². The van der Waals surface area contributed by atoms with Crippen molar-refractivity contribution in [3.05, 3.63) is 0 Å². The van der Waals surface area contributed by atoms with Gasteiger partial charge in [0, 0.05) is 20.0 Å². The Kier molecular flexibility index (Phi) is 4.37. The first-order valence-electron chi connectivity index (χ1n) is 7.58. The summed E-state index contributed by atoms with van der Waals surface area (Å²) in [5.41, 5.74) is -0.176. The lowest BCUT2D eigenvalue weighted by Crippen LogP contribution is -2.68. The molecule has 2 rings (SSSR count). The molecular formula is C15H27N3O2. The highest BCUT2D eigenvalue weighted by molar-refractivity contribution is 5.79. The summed E-state index contributed by atoms with van der Waals surface area (Å²) in [7, 11) is 3.84. The molecule has 20 heavy (non-hydrogen) atoms. The van der Waals surface area contributed by atoms with Crippen LogP contribution in [-0.2, 0) is 9.59 Å². The number of rotatable bonds is 2. The van der Waals surface area contributed by atoms with Crippen molar-refractivity contribution in [3.63, 3.8) is 0 Å². The number of carbonyl (C=O) groups excluding carboxylic acids is 2. The maximum atomic E-state index is 12.5. The van der Waals surface area contributed by atoms with Crippen LogP contribution >= 0.6 is 0 Å². The highest BCUT2D eigenvalue weighted by atomic mass is 16.2. The highest BCUT2D eigenvalue weighted by Crippen LogP contribution is 2.39. The molecule has 5 nitrogen and oxygen atoms in total. The van der Waals surface area contributed by atoms with Crippen LogP contribution in [0.1, 0.15) is 39.5 Å². The maximum Gasteiger partial charge on any atom is 0.237 e. The van der Waals surface area contributed by atoms with Gasteiger partial charge in [-0.25, -0.2) is 0 Å². The third kappa shape index (κ3) is 2.68. The van der Waals surface area contributed by atoms with Gasteiger partial charge < -0.3 is 14.7 Å². The monoisotopic (exact) mass is 281 g/mol. The molecule has 0 aromatic carbocycles. The van der Waals surface area contributed by atoms with Gasteiger partial charge in [0.1, 0.15) is 0 Å². The van der Waals surface area contributed by atoms with Crippen LogP contribution < -0.4 is 0 Å². The standard InChI is InChI=1S/C15H27N3O2/c1-12(19)18-10-5-7-13-15(18,2)8-6-9-17(13)14(20)11-16(3)4/h13H,5-11H2,1-4H3/t13-,15+/m1/s1. The number of carbonyl (C=O) groups is 2. The van der Waals surface area contributed by atoms with E-state index < -0.39 is 0 Å². The van der Waals surface area contributed by atoms with E-state index in [0.29, 0.717) is 6.54 Å². The van der Waals surface area contributed by atoms with Crippen molar-refractivity contribution in [2.24, 2.45) is 0 Å². The number of hydrogen-bond donors (Lipinski definition) is 0. The van der Waals surface area contributed by atoms with E-state index in [1.807, 2.05) is 28.8 Å². The van der Waals surface area contributed by atoms with Crippen LogP contribution in [0.4, 0.5) is 0 Å². The fourth-order valence-corrected chi connectivity index (χ4v) is 3.92. The maximum absolute atomic E-state index is 12.5. The average molecular weight is 281 g/mol. The van der Waals surface area contributed by atoms with Gasteiger partial charge in [0.15, 0.2) is 0 Å². The first-order chi connectivity index (χ1) is 9.36. The predicted octanol–water partition coefficient (Wildman–Crippen LogP) is 0.940. The molecule has 114 valence electrons. The largest absolute Gasteiger partial charge is 0.336 e. The molecule has 5 heteroatoms. The predicted molar refractivity (Wildman–Crippen MR) is 78.3 cm³/mol. The van der Waals surface area contributed by atoms with Gasteiger partial charge in [-0.1, -0.05) is 0 Å². The molecule has 0 spiro atoms. The smallest absolute Gasteiger partial charge is 0.237 e. The molecule has 0 radical (unpaired) electrons. The van der Waals surface area contributed by atoms with Crippen molar-refractivity contribution in [3.8, 4) is 0 Å². The minimum Gasteiger partial charge on any atom is -0.336 e. The number of nitrogens with zero attached hydrogens (tertiary/aromatic N) is 3. The minimum atomic E-state index is -0.176. The van der Waals surface area contributed by atoms with Gasteiger partial charge in [-0.3, -0.25) is 9.59 Å². The first kappa shape index (κ1) is 15.3. The van der Waals surface area contributed by atoms with E-state index in [1.165, 1.54) is 0 Å². The second kappa shape index (κ2) is 5.72. The van der Waals surface area contributed by atoms with E-state index >= 15 is 0 Å². The molecule has 0 aliphatic carbocycles. The van der Waals surface area contributed by atoms with Crippen LogP contribution in [0.25, 0.3) is 0 Å². The fraction of sp³-hybridized carbons (Fsp3) is 0.867. The average Bonchev–Trinajstić information content (AvgIpc) is 2.35. The van der Waals surface area contributed by atoms with Crippen LogP contribution in [0, 0.1) is 0 Å². The zero-order chi connectivity index (χ0) is 14.9. The van der Waals surface area contributed by atoms with Crippen molar-refractivity contribution in [1.82, 2.24) is 14.7 Å². The second-order valence-corrected chi connectivity index (χ2v) is 6.61. The summed E-state index contributed by atoms with van der Waals surface area (Å²) in [4.78, 5) is 30.3. The number of hydrogen-bond acceptors (Lipinski definition) is 3. The van der Waals surface area contributed by atoms with Gasteiger partial charge in [0.2, 0.25) is 11.8 Å². The van der Waals surface area contributed by atoms with E-state index in [9.17, 15) is 9.59 Å². The van der Waals surface area contributed by atoms with Gasteiger partial charge in [0.05, 0.1) is 18.1 Å². The van der Waals surface area contributed by atoms with E-state index in [0.717, 1.165) is 38.8 Å². The Morgan fingerprint density at radius 3 is 2.55 bits per heavy atom. The van der Waals surface area contributed by atoms with Gasteiger partial charge >= 0.3 is 0 Å². The SMILES string of the molecule is CC(=O)N1CCC[C@H]2N(C(=O)CN(C)C)CCC[C@@]21C. The molecule has 0 unspecified atom stereocenters. The molecule has 2 amide bonds. The Morgan fingerprint density at radius 2 is 1.95 bits per heavy atom. The molecule has 2 fully saturated rings. The Balaban J connectivity index is 2.21. The normalized spacial score (nSPS) is 30.4. The lowest BCUT2D eigenvalue weighted by Gasteiger charge is -2.56. The number of likely N-dealkylation sites (N-methyl/N-ethyl adjacent to an activating group) is 1. The molecule has 0 bridgehead atoms. The molecule has 0 N–H and O–H groups in total. The van der Waals surface area contributed by atoms with Crippen LogP contribution in [0.3, 0.4) is 0 Å². The summed E-state index contributed by atoms with van der Waals surface area (Å²) in [6.45, 7) is 5.92. The summed E-state index contributed by atoms with van der Waals surface area (Å²) < 4.78 is 0. The molecule has 2 heterocycles. The topological polar surface area (TPSA) is 43.9 Å². The Hall–Kier alpha value is -1.10. The molecule has 0 aromatic heterocycles. The summed E-state index contributed by atoms with van der Waals surface area (Å²) in [6, 6.07) is 0.182. The Bertz CT molecular complexity index is 397. The molecule has 2 aliphatic heterocycles. The van der Waals surface area contributed by atoms with Crippen LogP contribution in [0.2, 0.25) is 0 Å². The number of piperidine rings is 2. The van der Waals surface area contributed by atoms with Crippen LogP contribution in [0.15, 0.2) is 0 Å². The highest BCUT2D eigenvalue weighted by Gasteiger charge is 2.49. The van der Waals surface area contributed by atoms with Gasteiger partial charge in [-0.2, -0.15) is 0 Å². The summed E-state index contributed by atoms with van der Waals surface area (Å²) in [5.74, 6) is 0.329. The van der Waals surface area contributed by atoms with Crippen molar-refractivity contribution in [2.75, 3.05) is 33.7 Å². The Morgan fingerprint density at radius 1 is 1.25 bits per heavy atom. The van der Waals surface area contributed by atoms with Crippen molar-refractivity contribution < 1.29 is 9.59 Å². The van der Waals surface area contributed by atoms with Crippen LogP contribution in [-0.4, -0.2) is 71.8 Å². The second-order valence-electron chi connectivity index (χ2n) is 6.61. The van der Waals surface area contributed by atoms with E-state index in [4.69, 9.17) is 0 Å². The van der Waals surface area contributed by atoms with Crippen LogP contribution in [0.5, 0.6) is 0 Å². The fourth-order valence-electron chi connectivity index (χ4n) is 3.92. The number of amides is 2. The number of fused-ring (bicyclic) bond motifs is 1. The van der Waals surface area contributed by atoms with E-state index in [-0.39, 0.29) is 23.4 Å². The third-order valence-electron chi connectivity index (χ3n) is 4.80. The zero-order valence-electron chi connectivity index (χ0n) is 13.2. The zero-order valence-corrected chi connectivity index (χ0v) is 13.2. The summed E-state index contributed by atoms with van der Waals surface area (Å²) >= 11 is 0. The number of likely N-dealkylation sites (tertiary alicyclic amines) is 2. The van der Waals surface area contributed by atoms with Gasteiger partial charge in [-0.05, 0) is 46.7 Å². The molecule has 2 saturated heterocycles.